The highest BCUT2D eigenvalue weighted by molar-refractivity contribution is 5.54. The zero-order chi connectivity index (χ0) is 18.9. The van der Waals surface area contributed by atoms with E-state index in [-0.39, 0.29) is 5.82 Å². The average molecular weight is 365 g/mol. The summed E-state index contributed by atoms with van der Waals surface area (Å²) in [4.78, 5) is 8.73. The van der Waals surface area contributed by atoms with Crippen LogP contribution in [0.2, 0.25) is 0 Å². The molecule has 0 radical (unpaired) electrons. The van der Waals surface area contributed by atoms with Gasteiger partial charge in [-0.05, 0) is 55.9 Å². The standard InChI is InChI=1S/C24H29FN2/c1-2-3-4-5-6-19-7-9-20(10-8-19)11-12-21-17-26-24(27-18-21)22-13-15-23(25)16-14-22/h13-20H,2-10H2,1H3. The van der Waals surface area contributed by atoms with Crippen molar-refractivity contribution < 1.29 is 4.39 Å². The molecule has 0 bridgehead atoms. The van der Waals surface area contributed by atoms with Gasteiger partial charge < -0.3 is 0 Å². The van der Waals surface area contributed by atoms with E-state index in [1.807, 2.05) is 0 Å². The molecule has 1 saturated carbocycles. The van der Waals surface area contributed by atoms with E-state index in [1.165, 1.54) is 69.9 Å². The second-order valence-corrected chi connectivity index (χ2v) is 7.64. The van der Waals surface area contributed by atoms with Crippen LogP contribution < -0.4 is 0 Å². The first-order chi connectivity index (χ1) is 13.2. The summed E-state index contributed by atoms with van der Waals surface area (Å²) in [6.07, 6.45) is 15.5. The van der Waals surface area contributed by atoms with E-state index in [1.54, 1.807) is 24.5 Å². The molecule has 0 amide bonds. The molecule has 2 aromatic rings. The summed E-state index contributed by atoms with van der Waals surface area (Å²) in [5, 5.41) is 0. The van der Waals surface area contributed by atoms with Crippen LogP contribution in [-0.2, 0) is 0 Å². The number of halogens is 1. The maximum Gasteiger partial charge on any atom is 0.159 e. The quantitative estimate of drug-likeness (QED) is 0.437. The normalized spacial score (nSPS) is 19.3. The lowest BCUT2D eigenvalue weighted by molar-refractivity contribution is 0.294. The first-order valence-corrected chi connectivity index (χ1v) is 10.3. The Hall–Kier alpha value is -2.21. The predicted molar refractivity (Wildman–Crippen MR) is 109 cm³/mol. The summed E-state index contributed by atoms with van der Waals surface area (Å²) >= 11 is 0. The van der Waals surface area contributed by atoms with Gasteiger partial charge in [-0.25, -0.2) is 14.4 Å². The fourth-order valence-electron chi connectivity index (χ4n) is 3.78. The Bertz CT molecular complexity index is 748. The number of aromatic nitrogens is 2. The molecule has 0 aliphatic heterocycles. The van der Waals surface area contributed by atoms with Gasteiger partial charge >= 0.3 is 0 Å². The number of rotatable bonds is 6. The molecular weight excluding hydrogens is 335 g/mol. The number of unbranched alkanes of at least 4 members (excludes halogenated alkanes) is 3. The minimum Gasteiger partial charge on any atom is -0.235 e. The fraction of sp³-hybridized carbons (Fsp3) is 0.500. The summed E-state index contributed by atoms with van der Waals surface area (Å²) in [5.74, 6) is 8.44. The predicted octanol–water partition coefficient (Wildman–Crippen LogP) is 6.41. The van der Waals surface area contributed by atoms with Gasteiger partial charge in [0.15, 0.2) is 5.82 Å². The van der Waals surface area contributed by atoms with Gasteiger partial charge in [0.25, 0.3) is 0 Å². The molecule has 0 spiro atoms. The van der Waals surface area contributed by atoms with Gasteiger partial charge in [0, 0.05) is 23.9 Å². The Morgan fingerprint density at radius 2 is 1.67 bits per heavy atom. The van der Waals surface area contributed by atoms with E-state index in [9.17, 15) is 4.39 Å². The summed E-state index contributed by atoms with van der Waals surface area (Å²) in [6.45, 7) is 2.27. The minimum absolute atomic E-state index is 0.253. The highest BCUT2D eigenvalue weighted by Gasteiger charge is 2.19. The van der Waals surface area contributed by atoms with Gasteiger partial charge in [-0.15, -0.1) is 0 Å². The molecule has 142 valence electrons. The van der Waals surface area contributed by atoms with Gasteiger partial charge in [-0.3, -0.25) is 0 Å². The summed E-state index contributed by atoms with van der Waals surface area (Å²) in [7, 11) is 0. The van der Waals surface area contributed by atoms with E-state index in [2.05, 4.69) is 28.7 Å². The first-order valence-electron chi connectivity index (χ1n) is 10.3. The number of hydrogen-bond donors (Lipinski definition) is 0. The van der Waals surface area contributed by atoms with E-state index < -0.39 is 0 Å². The first kappa shape index (κ1) is 19.5. The number of hydrogen-bond acceptors (Lipinski definition) is 2. The molecule has 2 nitrogen and oxygen atoms in total. The third-order valence-corrected chi connectivity index (χ3v) is 5.49. The van der Waals surface area contributed by atoms with Gasteiger partial charge in [0.1, 0.15) is 5.82 Å². The second kappa shape index (κ2) is 10.2. The van der Waals surface area contributed by atoms with Gasteiger partial charge in [-0.2, -0.15) is 0 Å². The minimum atomic E-state index is -0.253. The number of benzene rings is 1. The number of nitrogens with zero attached hydrogens (tertiary/aromatic N) is 2. The third-order valence-electron chi connectivity index (χ3n) is 5.49. The van der Waals surface area contributed by atoms with Crippen molar-refractivity contribution in [3.05, 3.63) is 48.0 Å². The van der Waals surface area contributed by atoms with Gasteiger partial charge in [0.05, 0.1) is 5.56 Å². The van der Waals surface area contributed by atoms with Crippen molar-refractivity contribution in [1.82, 2.24) is 9.97 Å². The van der Waals surface area contributed by atoms with Crippen LogP contribution in [0.25, 0.3) is 11.4 Å². The Balaban J connectivity index is 1.48. The van der Waals surface area contributed by atoms with Gasteiger partial charge in [0.2, 0.25) is 0 Å². The maximum absolute atomic E-state index is 13.0. The Labute approximate surface area is 162 Å². The van der Waals surface area contributed by atoms with Crippen molar-refractivity contribution in [2.75, 3.05) is 0 Å². The second-order valence-electron chi connectivity index (χ2n) is 7.64. The average Bonchev–Trinajstić information content (AvgIpc) is 2.72. The molecule has 3 heteroatoms. The highest BCUT2D eigenvalue weighted by atomic mass is 19.1. The zero-order valence-electron chi connectivity index (χ0n) is 16.3. The Morgan fingerprint density at radius 1 is 0.963 bits per heavy atom. The highest BCUT2D eigenvalue weighted by Crippen LogP contribution is 2.31. The van der Waals surface area contributed by atoms with E-state index in [4.69, 9.17) is 0 Å². The van der Waals surface area contributed by atoms with Crippen molar-refractivity contribution >= 4 is 0 Å². The molecule has 1 aliphatic carbocycles. The Kier molecular flexibility index (Phi) is 7.39. The summed E-state index contributed by atoms with van der Waals surface area (Å²) in [6, 6.07) is 6.23. The summed E-state index contributed by atoms with van der Waals surface area (Å²) in [5.41, 5.74) is 1.66. The smallest absolute Gasteiger partial charge is 0.159 e. The monoisotopic (exact) mass is 364 g/mol. The third kappa shape index (κ3) is 6.17. The molecule has 0 atom stereocenters. The van der Waals surface area contributed by atoms with Crippen molar-refractivity contribution in [3.8, 4) is 23.2 Å². The van der Waals surface area contributed by atoms with Crippen LogP contribution >= 0.6 is 0 Å². The topological polar surface area (TPSA) is 25.8 Å². The van der Waals surface area contributed by atoms with E-state index >= 15 is 0 Å². The van der Waals surface area contributed by atoms with Crippen LogP contribution in [0, 0.1) is 29.5 Å². The van der Waals surface area contributed by atoms with Crippen LogP contribution in [0.3, 0.4) is 0 Å². The van der Waals surface area contributed by atoms with Crippen LogP contribution in [0.15, 0.2) is 36.7 Å². The van der Waals surface area contributed by atoms with Crippen LogP contribution in [0.1, 0.15) is 70.3 Å². The van der Waals surface area contributed by atoms with Crippen molar-refractivity contribution in [3.63, 3.8) is 0 Å². The zero-order valence-corrected chi connectivity index (χ0v) is 16.3. The van der Waals surface area contributed by atoms with Crippen LogP contribution in [-0.4, -0.2) is 9.97 Å². The molecule has 27 heavy (non-hydrogen) atoms. The molecule has 1 heterocycles. The fourth-order valence-corrected chi connectivity index (χ4v) is 3.78. The maximum atomic E-state index is 13.0. The lowest BCUT2D eigenvalue weighted by atomic mass is 9.80. The SMILES string of the molecule is CCCCCCC1CCC(C#Cc2cnc(-c3ccc(F)cc3)nc2)CC1. The van der Waals surface area contributed by atoms with E-state index in [0.717, 1.165) is 17.0 Å². The molecule has 0 N–H and O–H groups in total. The molecule has 1 fully saturated rings. The van der Waals surface area contributed by atoms with Crippen molar-refractivity contribution in [1.29, 1.82) is 0 Å². The van der Waals surface area contributed by atoms with Crippen molar-refractivity contribution in [2.24, 2.45) is 11.8 Å². The van der Waals surface area contributed by atoms with Gasteiger partial charge in [-0.1, -0.05) is 50.9 Å². The molecule has 1 aliphatic rings. The molecule has 0 unspecified atom stereocenters. The molecule has 3 rings (SSSR count). The largest absolute Gasteiger partial charge is 0.235 e. The molecule has 1 aromatic carbocycles. The lowest BCUT2D eigenvalue weighted by Crippen LogP contribution is -2.13. The Morgan fingerprint density at radius 3 is 2.33 bits per heavy atom. The van der Waals surface area contributed by atoms with Crippen LogP contribution in [0.4, 0.5) is 4.39 Å². The molecular formula is C24H29FN2. The lowest BCUT2D eigenvalue weighted by Gasteiger charge is -2.25. The summed E-state index contributed by atoms with van der Waals surface area (Å²) < 4.78 is 13.0. The molecule has 1 aromatic heterocycles. The van der Waals surface area contributed by atoms with Crippen LogP contribution in [0.5, 0.6) is 0 Å². The van der Waals surface area contributed by atoms with Crippen molar-refractivity contribution in [2.45, 2.75) is 64.7 Å². The molecule has 0 saturated heterocycles. The van der Waals surface area contributed by atoms with E-state index in [0.29, 0.717) is 11.7 Å².